The van der Waals surface area contributed by atoms with E-state index in [4.69, 9.17) is 9.26 Å². The molecule has 1 aromatic heterocycles. The first kappa shape index (κ1) is 19.3. The molecular weight excluding hydrogens is 368 g/mol. The van der Waals surface area contributed by atoms with Crippen molar-refractivity contribution in [2.75, 3.05) is 19.7 Å². The fourth-order valence-corrected chi connectivity index (χ4v) is 3.99. The highest BCUT2D eigenvalue weighted by Gasteiger charge is 2.25. The number of morpholine rings is 1. The minimum Gasteiger partial charge on any atom is -0.435 e. The van der Waals surface area contributed by atoms with Gasteiger partial charge in [0.15, 0.2) is 5.82 Å². The molecule has 0 bridgehead atoms. The van der Waals surface area contributed by atoms with Crippen molar-refractivity contribution in [1.29, 1.82) is 0 Å². The van der Waals surface area contributed by atoms with Gasteiger partial charge in [0.25, 0.3) is 0 Å². The molecule has 8 heteroatoms. The number of hydrogen-bond acceptors (Lipinski definition) is 6. The second kappa shape index (κ2) is 8.96. The summed E-state index contributed by atoms with van der Waals surface area (Å²) in [4.78, 5) is 6.81. The summed E-state index contributed by atoms with van der Waals surface area (Å²) < 4.78 is 40.7. The number of halogens is 2. The SMILES string of the molecule is FC(F)Oc1cccc(C2CN(Cc3noc(C4CCCCC4)n3)CCO2)c1. The molecule has 1 saturated carbocycles. The van der Waals surface area contributed by atoms with E-state index >= 15 is 0 Å². The van der Waals surface area contributed by atoms with Crippen molar-refractivity contribution in [3.05, 3.63) is 41.5 Å². The molecule has 0 spiro atoms. The van der Waals surface area contributed by atoms with E-state index in [9.17, 15) is 8.78 Å². The van der Waals surface area contributed by atoms with Gasteiger partial charge in [-0.1, -0.05) is 36.6 Å². The van der Waals surface area contributed by atoms with Crippen LogP contribution in [0.1, 0.15) is 61.4 Å². The molecule has 1 aliphatic heterocycles. The predicted molar refractivity (Wildman–Crippen MR) is 97.2 cm³/mol. The van der Waals surface area contributed by atoms with Gasteiger partial charge in [-0.2, -0.15) is 13.8 Å². The Bertz CT molecular complexity index is 765. The first-order chi connectivity index (χ1) is 13.7. The lowest BCUT2D eigenvalue weighted by atomic mass is 9.89. The maximum absolute atomic E-state index is 12.5. The molecule has 1 aliphatic carbocycles. The number of nitrogens with zero attached hydrogens (tertiary/aromatic N) is 3. The van der Waals surface area contributed by atoms with Gasteiger partial charge in [0.1, 0.15) is 5.75 Å². The maximum Gasteiger partial charge on any atom is 0.387 e. The Morgan fingerprint density at radius 2 is 2.07 bits per heavy atom. The van der Waals surface area contributed by atoms with Gasteiger partial charge in [-0.3, -0.25) is 4.90 Å². The van der Waals surface area contributed by atoms with Gasteiger partial charge in [-0.25, -0.2) is 0 Å². The Morgan fingerprint density at radius 1 is 1.21 bits per heavy atom. The van der Waals surface area contributed by atoms with Crippen molar-refractivity contribution in [3.8, 4) is 5.75 Å². The van der Waals surface area contributed by atoms with Gasteiger partial charge in [0.2, 0.25) is 5.89 Å². The standard InChI is InChI=1S/C20H25F2N3O3/c21-20(22)27-16-8-4-7-15(11-16)17-12-25(9-10-26-17)13-18-23-19(28-24-18)14-5-2-1-3-6-14/h4,7-8,11,14,17,20H,1-3,5-6,9-10,12-13H2. The van der Waals surface area contributed by atoms with E-state index in [1.54, 1.807) is 12.1 Å². The van der Waals surface area contributed by atoms with E-state index in [0.29, 0.717) is 31.4 Å². The highest BCUT2D eigenvalue weighted by Crippen LogP contribution is 2.32. The lowest BCUT2D eigenvalue weighted by Gasteiger charge is -2.32. The summed E-state index contributed by atoms with van der Waals surface area (Å²) in [5, 5.41) is 4.16. The van der Waals surface area contributed by atoms with Gasteiger partial charge < -0.3 is 14.0 Å². The molecule has 1 saturated heterocycles. The highest BCUT2D eigenvalue weighted by molar-refractivity contribution is 5.30. The average molecular weight is 393 g/mol. The summed E-state index contributed by atoms with van der Waals surface area (Å²) in [6.45, 7) is -0.306. The fourth-order valence-electron chi connectivity index (χ4n) is 3.99. The van der Waals surface area contributed by atoms with Crippen molar-refractivity contribution in [2.24, 2.45) is 0 Å². The second-order valence-corrected chi connectivity index (χ2v) is 7.43. The third kappa shape index (κ3) is 4.86. The largest absolute Gasteiger partial charge is 0.435 e. The molecule has 152 valence electrons. The van der Waals surface area contributed by atoms with Crippen molar-refractivity contribution in [3.63, 3.8) is 0 Å². The monoisotopic (exact) mass is 393 g/mol. The van der Waals surface area contributed by atoms with Crippen LogP contribution in [-0.4, -0.2) is 41.3 Å². The lowest BCUT2D eigenvalue weighted by Crippen LogP contribution is -2.38. The summed E-state index contributed by atoms with van der Waals surface area (Å²) in [7, 11) is 0. The van der Waals surface area contributed by atoms with Crippen LogP contribution in [0.5, 0.6) is 5.75 Å². The minimum absolute atomic E-state index is 0.142. The zero-order valence-corrected chi connectivity index (χ0v) is 15.7. The number of alkyl halides is 2. The second-order valence-electron chi connectivity index (χ2n) is 7.43. The van der Waals surface area contributed by atoms with Gasteiger partial charge in [0, 0.05) is 19.0 Å². The van der Waals surface area contributed by atoms with Crippen molar-refractivity contribution < 1.29 is 22.8 Å². The van der Waals surface area contributed by atoms with Crippen LogP contribution >= 0.6 is 0 Å². The summed E-state index contributed by atoms with van der Waals surface area (Å²) in [5.74, 6) is 1.99. The van der Waals surface area contributed by atoms with Gasteiger partial charge in [-0.15, -0.1) is 0 Å². The van der Waals surface area contributed by atoms with Crippen molar-refractivity contribution in [1.82, 2.24) is 15.0 Å². The predicted octanol–water partition coefficient (Wildman–Crippen LogP) is 4.29. The van der Waals surface area contributed by atoms with E-state index < -0.39 is 6.61 Å². The van der Waals surface area contributed by atoms with E-state index in [2.05, 4.69) is 19.8 Å². The first-order valence-electron chi connectivity index (χ1n) is 9.88. The zero-order valence-electron chi connectivity index (χ0n) is 15.7. The normalized spacial score (nSPS) is 21.9. The Kier molecular flexibility index (Phi) is 6.17. The number of ether oxygens (including phenoxy) is 2. The van der Waals surface area contributed by atoms with Crippen LogP contribution in [0.25, 0.3) is 0 Å². The molecular formula is C20H25F2N3O3. The van der Waals surface area contributed by atoms with Crippen LogP contribution in [0.15, 0.2) is 28.8 Å². The molecule has 6 nitrogen and oxygen atoms in total. The van der Waals surface area contributed by atoms with E-state index in [1.807, 2.05) is 6.07 Å². The summed E-state index contributed by atoms with van der Waals surface area (Å²) in [5.41, 5.74) is 0.818. The molecule has 4 rings (SSSR count). The quantitative estimate of drug-likeness (QED) is 0.730. The minimum atomic E-state index is -2.84. The molecule has 1 aromatic carbocycles. The van der Waals surface area contributed by atoms with Crippen molar-refractivity contribution in [2.45, 2.75) is 57.3 Å². The van der Waals surface area contributed by atoms with Gasteiger partial charge in [-0.05, 0) is 30.5 Å². The molecule has 2 heterocycles. The summed E-state index contributed by atoms with van der Waals surface area (Å²) in [6, 6.07) is 6.69. The first-order valence-corrected chi connectivity index (χ1v) is 9.88. The molecule has 2 fully saturated rings. The third-order valence-corrected chi connectivity index (χ3v) is 5.41. The highest BCUT2D eigenvalue weighted by atomic mass is 19.3. The number of benzene rings is 1. The number of aromatic nitrogens is 2. The van der Waals surface area contributed by atoms with Crippen LogP contribution in [0.4, 0.5) is 8.78 Å². The van der Waals surface area contributed by atoms with Crippen LogP contribution in [0, 0.1) is 0 Å². The van der Waals surface area contributed by atoms with Crippen LogP contribution in [-0.2, 0) is 11.3 Å². The van der Waals surface area contributed by atoms with E-state index in [-0.39, 0.29) is 11.9 Å². The summed E-state index contributed by atoms with van der Waals surface area (Å²) in [6.07, 6.45) is 5.77. The zero-order chi connectivity index (χ0) is 19.3. The molecule has 0 N–H and O–H groups in total. The van der Waals surface area contributed by atoms with Crippen LogP contribution in [0.2, 0.25) is 0 Å². The summed E-state index contributed by atoms with van der Waals surface area (Å²) >= 11 is 0. The Labute approximate surface area is 162 Å². The molecule has 2 aliphatic rings. The lowest BCUT2D eigenvalue weighted by molar-refractivity contribution is -0.0509. The Balaban J connectivity index is 1.37. The molecule has 2 aromatic rings. The Morgan fingerprint density at radius 3 is 2.89 bits per heavy atom. The average Bonchev–Trinajstić information content (AvgIpc) is 3.17. The smallest absolute Gasteiger partial charge is 0.387 e. The molecule has 0 radical (unpaired) electrons. The van der Waals surface area contributed by atoms with Gasteiger partial charge >= 0.3 is 6.61 Å². The molecule has 0 amide bonds. The fraction of sp³-hybridized carbons (Fsp3) is 0.600. The maximum atomic E-state index is 12.5. The molecule has 28 heavy (non-hydrogen) atoms. The van der Waals surface area contributed by atoms with Crippen LogP contribution < -0.4 is 4.74 Å². The molecule has 1 atom stereocenters. The third-order valence-electron chi connectivity index (χ3n) is 5.41. The number of rotatable bonds is 6. The Hall–Kier alpha value is -2.06. The van der Waals surface area contributed by atoms with Gasteiger partial charge in [0.05, 0.1) is 19.3 Å². The van der Waals surface area contributed by atoms with Crippen molar-refractivity contribution >= 4 is 0 Å². The number of hydrogen-bond donors (Lipinski definition) is 0. The molecule has 1 unspecified atom stereocenters. The topological polar surface area (TPSA) is 60.6 Å². The van der Waals surface area contributed by atoms with E-state index in [0.717, 1.165) is 30.8 Å². The van der Waals surface area contributed by atoms with Crippen LogP contribution in [0.3, 0.4) is 0 Å². The van der Waals surface area contributed by atoms with E-state index in [1.165, 1.54) is 25.3 Å².